The molecule has 112 valence electrons. The van der Waals surface area contributed by atoms with E-state index in [4.69, 9.17) is 5.11 Å². The van der Waals surface area contributed by atoms with Crippen LogP contribution in [-0.2, 0) is 4.79 Å². The van der Waals surface area contributed by atoms with Gasteiger partial charge in [0, 0.05) is 25.7 Å². The van der Waals surface area contributed by atoms with Crippen LogP contribution in [0.3, 0.4) is 0 Å². The molecule has 0 unspecified atom stereocenters. The third-order valence-corrected chi connectivity index (χ3v) is 3.78. The molecule has 0 aromatic heterocycles. The van der Waals surface area contributed by atoms with Crippen molar-refractivity contribution in [2.45, 2.75) is 19.3 Å². The summed E-state index contributed by atoms with van der Waals surface area (Å²) in [5, 5.41) is 19.8. The highest BCUT2D eigenvalue weighted by molar-refractivity contribution is 5.85. The van der Waals surface area contributed by atoms with Crippen molar-refractivity contribution in [1.82, 2.24) is 0 Å². The number of carboxylic acid groups (broad SMARTS) is 1. The molecule has 0 spiro atoms. The smallest absolute Gasteiger partial charge is 0.328 e. The Labute approximate surface area is 122 Å². The maximum Gasteiger partial charge on any atom is 0.328 e. The third-order valence-electron chi connectivity index (χ3n) is 3.78. The van der Waals surface area contributed by atoms with Crippen molar-refractivity contribution in [1.29, 1.82) is 0 Å². The summed E-state index contributed by atoms with van der Waals surface area (Å²) in [5.41, 5.74) is 1.08. The van der Waals surface area contributed by atoms with Crippen LogP contribution < -0.4 is 4.90 Å². The third kappa shape index (κ3) is 3.81. The quantitative estimate of drug-likeness (QED) is 0.494. The van der Waals surface area contributed by atoms with Gasteiger partial charge in [0.1, 0.15) is 5.69 Å². The molecule has 0 heterocycles. The van der Waals surface area contributed by atoms with Gasteiger partial charge in [-0.2, -0.15) is 0 Å². The van der Waals surface area contributed by atoms with Gasteiger partial charge in [-0.15, -0.1) is 0 Å². The molecule has 0 radical (unpaired) electrons. The van der Waals surface area contributed by atoms with Gasteiger partial charge in [-0.25, -0.2) is 4.79 Å². The summed E-state index contributed by atoms with van der Waals surface area (Å²) in [7, 11) is 1.85. The van der Waals surface area contributed by atoms with Crippen molar-refractivity contribution in [2.75, 3.05) is 18.5 Å². The van der Waals surface area contributed by atoms with Crippen LogP contribution in [0.4, 0.5) is 11.4 Å². The molecule has 1 fully saturated rings. The topological polar surface area (TPSA) is 83.7 Å². The summed E-state index contributed by atoms with van der Waals surface area (Å²) in [6.07, 6.45) is 5.91. The molecular weight excluding hydrogens is 272 g/mol. The van der Waals surface area contributed by atoms with Crippen LogP contribution in [0, 0.1) is 16.0 Å². The average Bonchev–Trinajstić information content (AvgIpc) is 2.40. The van der Waals surface area contributed by atoms with Gasteiger partial charge in [-0.05, 0) is 36.5 Å². The molecule has 6 heteroatoms. The van der Waals surface area contributed by atoms with Crippen molar-refractivity contribution < 1.29 is 14.8 Å². The predicted octanol–water partition coefficient (Wildman–Crippen LogP) is 2.93. The maximum atomic E-state index is 11.2. The van der Waals surface area contributed by atoms with Crippen molar-refractivity contribution in [3.8, 4) is 0 Å². The van der Waals surface area contributed by atoms with Crippen molar-refractivity contribution >= 4 is 23.4 Å². The lowest BCUT2D eigenvalue weighted by Crippen LogP contribution is -2.29. The largest absolute Gasteiger partial charge is 0.478 e. The van der Waals surface area contributed by atoms with Gasteiger partial charge in [-0.1, -0.05) is 12.5 Å². The minimum Gasteiger partial charge on any atom is -0.478 e. The van der Waals surface area contributed by atoms with E-state index in [0.29, 0.717) is 17.2 Å². The van der Waals surface area contributed by atoms with Crippen LogP contribution >= 0.6 is 0 Å². The standard InChI is InChI=1S/C15H18N2O4/c1-16(10-12-3-2-4-12)13-7-5-11(6-8-15(18)19)9-14(13)17(20)21/h5-9,12H,2-4,10H2,1H3,(H,18,19). The number of nitro benzene ring substituents is 1. The fraction of sp³-hybridized carbons (Fsp3) is 0.400. The minimum absolute atomic E-state index is 0.00404. The highest BCUT2D eigenvalue weighted by Crippen LogP contribution is 2.33. The molecule has 1 N–H and O–H groups in total. The number of benzene rings is 1. The van der Waals surface area contributed by atoms with E-state index in [0.717, 1.165) is 12.6 Å². The average molecular weight is 290 g/mol. The molecule has 1 saturated carbocycles. The number of carbonyl (C=O) groups is 1. The Balaban J connectivity index is 2.23. The van der Waals surface area contributed by atoms with E-state index >= 15 is 0 Å². The highest BCUT2D eigenvalue weighted by atomic mass is 16.6. The molecule has 21 heavy (non-hydrogen) atoms. The SMILES string of the molecule is CN(CC1CCC1)c1ccc(C=CC(=O)O)cc1[N+](=O)[O-]. The monoisotopic (exact) mass is 290 g/mol. The van der Waals surface area contributed by atoms with Gasteiger partial charge in [-0.3, -0.25) is 10.1 Å². The number of nitro groups is 1. The number of anilines is 1. The first-order valence-corrected chi connectivity index (χ1v) is 6.88. The molecule has 1 aromatic carbocycles. The molecule has 0 bridgehead atoms. The highest BCUT2D eigenvalue weighted by Gasteiger charge is 2.23. The maximum absolute atomic E-state index is 11.2. The van der Waals surface area contributed by atoms with Crippen LogP contribution in [0.5, 0.6) is 0 Å². The normalized spacial score (nSPS) is 14.9. The number of hydrogen-bond donors (Lipinski definition) is 1. The van der Waals surface area contributed by atoms with Crippen LogP contribution in [-0.4, -0.2) is 29.6 Å². The van der Waals surface area contributed by atoms with Crippen molar-refractivity contribution in [3.63, 3.8) is 0 Å². The van der Waals surface area contributed by atoms with E-state index in [1.54, 1.807) is 12.1 Å². The van der Waals surface area contributed by atoms with E-state index in [1.165, 1.54) is 31.4 Å². The van der Waals surface area contributed by atoms with Crippen LogP contribution in [0.1, 0.15) is 24.8 Å². The Hall–Kier alpha value is -2.37. The lowest BCUT2D eigenvalue weighted by atomic mass is 9.85. The molecule has 0 saturated heterocycles. The van der Waals surface area contributed by atoms with Gasteiger partial charge < -0.3 is 10.0 Å². The van der Waals surface area contributed by atoms with Crippen LogP contribution in [0.2, 0.25) is 0 Å². The number of aliphatic carboxylic acids is 1. The second kappa shape index (κ2) is 6.39. The van der Waals surface area contributed by atoms with Crippen LogP contribution in [0.25, 0.3) is 6.08 Å². The minimum atomic E-state index is -1.08. The van der Waals surface area contributed by atoms with E-state index in [9.17, 15) is 14.9 Å². The van der Waals surface area contributed by atoms with Gasteiger partial charge in [0.15, 0.2) is 0 Å². The molecule has 1 aliphatic rings. The van der Waals surface area contributed by atoms with Gasteiger partial charge in [0.25, 0.3) is 5.69 Å². The van der Waals surface area contributed by atoms with Crippen LogP contribution in [0.15, 0.2) is 24.3 Å². The first kappa shape index (κ1) is 15.0. The summed E-state index contributed by atoms with van der Waals surface area (Å²) < 4.78 is 0. The molecule has 1 aromatic rings. The Morgan fingerprint density at radius 1 is 1.52 bits per heavy atom. The molecule has 6 nitrogen and oxygen atoms in total. The van der Waals surface area contributed by atoms with Crippen molar-refractivity contribution in [2.24, 2.45) is 5.92 Å². The van der Waals surface area contributed by atoms with Gasteiger partial charge >= 0.3 is 5.97 Å². The van der Waals surface area contributed by atoms with E-state index < -0.39 is 10.9 Å². The molecule has 0 amide bonds. The zero-order valence-electron chi connectivity index (χ0n) is 11.9. The zero-order valence-corrected chi connectivity index (χ0v) is 11.9. The van der Waals surface area contributed by atoms with Crippen molar-refractivity contribution in [3.05, 3.63) is 40.0 Å². The summed E-state index contributed by atoms with van der Waals surface area (Å²) in [5.74, 6) is -0.468. The van der Waals surface area contributed by atoms with E-state index in [1.807, 2.05) is 11.9 Å². The van der Waals surface area contributed by atoms with Gasteiger partial charge in [0.05, 0.1) is 4.92 Å². The van der Waals surface area contributed by atoms with Gasteiger partial charge in [0.2, 0.25) is 0 Å². The molecule has 1 aliphatic carbocycles. The fourth-order valence-corrected chi connectivity index (χ4v) is 2.44. The number of carboxylic acids is 1. The summed E-state index contributed by atoms with van der Waals surface area (Å²) in [6, 6.07) is 4.78. The number of hydrogen-bond acceptors (Lipinski definition) is 4. The second-order valence-corrected chi connectivity index (χ2v) is 5.35. The summed E-state index contributed by atoms with van der Waals surface area (Å²) in [6.45, 7) is 0.811. The summed E-state index contributed by atoms with van der Waals surface area (Å²) in [4.78, 5) is 23.2. The Morgan fingerprint density at radius 2 is 2.24 bits per heavy atom. The first-order chi connectivity index (χ1) is 9.97. The van der Waals surface area contributed by atoms with E-state index in [2.05, 4.69) is 0 Å². The molecule has 0 atom stereocenters. The van der Waals surface area contributed by atoms with E-state index in [-0.39, 0.29) is 5.69 Å². The Morgan fingerprint density at radius 3 is 2.76 bits per heavy atom. The number of rotatable bonds is 6. The Bertz CT molecular complexity index is 579. The summed E-state index contributed by atoms with van der Waals surface area (Å²) >= 11 is 0. The zero-order chi connectivity index (χ0) is 15.4. The number of nitrogens with zero attached hydrogens (tertiary/aromatic N) is 2. The molecule has 2 rings (SSSR count). The first-order valence-electron chi connectivity index (χ1n) is 6.88. The molecular formula is C15H18N2O4. The lowest BCUT2D eigenvalue weighted by molar-refractivity contribution is -0.384. The lowest BCUT2D eigenvalue weighted by Gasteiger charge is -2.31. The molecule has 0 aliphatic heterocycles. The fourth-order valence-electron chi connectivity index (χ4n) is 2.44. The second-order valence-electron chi connectivity index (χ2n) is 5.35. The predicted molar refractivity (Wildman–Crippen MR) is 80.4 cm³/mol. The Kier molecular flexibility index (Phi) is 4.57.